The van der Waals surface area contributed by atoms with Crippen molar-refractivity contribution in [3.05, 3.63) is 0 Å². The fourth-order valence-electron chi connectivity index (χ4n) is 3.76. The summed E-state index contributed by atoms with van der Waals surface area (Å²) >= 11 is 0. The van der Waals surface area contributed by atoms with Gasteiger partial charge in [0, 0.05) is 19.5 Å². The molecule has 0 saturated carbocycles. The van der Waals surface area contributed by atoms with Gasteiger partial charge in [0.15, 0.2) is 12.6 Å². The van der Waals surface area contributed by atoms with Crippen molar-refractivity contribution in [3.8, 4) is 0 Å². The molecular weight excluding hydrogens is 518 g/mol. The number of carbonyl (C=O) groups is 2. The lowest BCUT2D eigenvalue weighted by atomic mass is 9.99. The van der Waals surface area contributed by atoms with Crippen molar-refractivity contribution in [2.24, 2.45) is 5.73 Å². The second-order valence-electron chi connectivity index (χ2n) is 8.92. The summed E-state index contributed by atoms with van der Waals surface area (Å²) in [6.45, 7) is -1.49. The molecule has 38 heavy (non-hydrogen) atoms. The fraction of sp³-hybridized carbons (Fsp3) is 0.905. The van der Waals surface area contributed by atoms with E-state index in [0.29, 0.717) is 0 Å². The summed E-state index contributed by atoms with van der Waals surface area (Å²) in [5, 5.41) is 82.0. The van der Waals surface area contributed by atoms with Crippen LogP contribution >= 0.6 is 0 Å². The van der Waals surface area contributed by atoms with E-state index < -0.39 is 92.5 Å². The second kappa shape index (κ2) is 15.9. The van der Waals surface area contributed by atoms with Crippen molar-refractivity contribution >= 4 is 11.8 Å². The van der Waals surface area contributed by atoms with E-state index in [2.05, 4.69) is 10.6 Å². The Morgan fingerprint density at radius 2 is 1.18 bits per heavy atom. The molecule has 222 valence electrons. The number of nitrogens with one attached hydrogen (secondary N) is 2. The van der Waals surface area contributed by atoms with Crippen molar-refractivity contribution in [1.29, 1.82) is 0 Å². The summed E-state index contributed by atoms with van der Waals surface area (Å²) in [6, 6.07) is -1.02. The number of ether oxygens (including phenoxy) is 4. The summed E-state index contributed by atoms with van der Waals surface area (Å²) < 4.78 is 20.9. The predicted octanol–water partition coefficient (Wildman–Crippen LogP) is -7.04. The lowest BCUT2D eigenvalue weighted by molar-refractivity contribution is -0.300. The van der Waals surface area contributed by atoms with Crippen LogP contribution in [0.25, 0.3) is 0 Å². The smallest absolute Gasteiger partial charge is 0.237 e. The first-order valence-corrected chi connectivity index (χ1v) is 12.2. The minimum absolute atomic E-state index is 0.00454. The van der Waals surface area contributed by atoms with Crippen molar-refractivity contribution in [2.75, 3.05) is 39.5 Å². The van der Waals surface area contributed by atoms with Gasteiger partial charge in [-0.25, -0.2) is 0 Å². The second-order valence-corrected chi connectivity index (χ2v) is 8.92. The molecule has 0 unspecified atom stereocenters. The van der Waals surface area contributed by atoms with E-state index in [1.807, 2.05) is 0 Å². The molecule has 2 fully saturated rings. The van der Waals surface area contributed by atoms with Crippen molar-refractivity contribution < 1.29 is 69.4 Å². The van der Waals surface area contributed by atoms with Gasteiger partial charge in [0.1, 0.15) is 48.8 Å². The van der Waals surface area contributed by atoms with Crippen molar-refractivity contribution in [1.82, 2.24) is 10.6 Å². The highest BCUT2D eigenvalue weighted by atomic mass is 16.7. The molecule has 2 heterocycles. The highest BCUT2D eigenvalue weighted by Crippen LogP contribution is 2.22. The molecule has 17 nitrogen and oxygen atoms in total. The lowest BCUT2D eigenvalue weighted by Gasteiger charge is -2.39. The Morgan fingerprint density at radius 3 is 1.63 bits per heavy atom. The standard InChI is InChI=1S/C21H39N3O14/c22-9(19(34)24-4-6-36-21-18(33)16(31)14(29)11(8-26)38-21)1-2-12(27)23-3-5-35-20-17(32)15(30)13(28)10(7-25)37-20/h9-11,13-18,20-21,25-26,28-33H,1-8,22H2,(H,23,27)(H,24,34)/t9-,10+,11+,13+,14+,15-,16-,17+,18+,20-,21-/m0/s1. The topological polar surface area (TPSA) is 283 Å². The predicted molar refractivity (Wildman–Crippen MR) is 123 cm³/mol. The maximum Gasteiger partial charge on any atom is 0.237 e. The molecule has 2 aliphatic heterocycles. The van der Waals surface area contributed by atoms with Crippen LogP contribution in [0.15, 0.2) is 0 Å². The monoisotopic (exact) mass is 557 g/mol. The van der Waals surface area contributed by atoms with Crippen LogP contribution < -0.4 is 16.4 Å². The molecule has 2 rings (SSSR count). The zero-order chi connectivity index (χ0) is 28.4. The van der Waals surface area contributed by atoms with Crippen LogP contribution in [0.4, 0.5) is 0 Å². The molecule has 2 amide bonds. The van der Waals surface area contributed by atoms with Gasteiger partial charge in [-0.1, -0.05) is 0 Å². The minimum Gasteiger partial charge on any atom is -0.394 e. The number of hydrogen-bond acceptors (Lipinski definition) is 15. The van der Waals surface area contributed by atoms with E-state index in [4.69, 9.17) is 34.9 Å². The van der Waals surface area contributed by atoms with Crippen molar-refractivity contribution in [3.63, 3.8) is 0 Å². The van der Waals surface area contributed by atoms with Crippen LogP contribution in [-0.4, -0.2) is 160 Å². The molecule has 12 N–H and O–H groups in total. The Labute approximate surface area is 218 Å². The average molecular weight is 558 g/mol. The summed E-state index contributed by atoms with van der Waals surface area (Å²) in [7, 11) is 0. The zero-order valence-electron chi connectivity index (χ0n) is 20.6. The Bertz CT molecular complexity index is 731. The van der Waals surface area contributed by atoms with E-state index in [1.165, 1.54) is 0 Å². The summed E-state index contributed by atoms with van der Waals surface area (Å²) in [6.07, 6.45) is -14.2. The largest absolute Gasteiger partial charge is 0.394 e. The Balaban J connectivity index is 1.58. The first-order chi connectivity index (χ1) is 18.0. The third-order valence-electron chi connectivity index (χ3n) is 6.11. The number of aliphatic hydroxyl groups is 8. The van der Waals surface area contributed by atoms with E-state index >= 15 is 0 Å². The molecule has 0 aromatic carbocycles. The molecule has 0 radical (unpaired) electrons. The van der Waals surface area contributed by atoms with E-state index in [9.17, 15) is 40.2 Å². The Morgan fingerprint density at radius 1 is 0.737 bits per heavy atom. The van der Waals surface area contributed by atoms with E-state index in [1.54, 1.807) is 0 Å². The summed E-state index contributed by atoms with van der Waals surface area (Å²) in [4.78, 5) is 24.1. The van der Waals surface area contributed by atoms with Crippen molar-refractivity contribution in [2.45, 2.75) is 80.3 Å². The normalized spacial score (nSPS) is 36.4. The maximum absolute atomic E-state index is 12.1. The molecule has 11 atom stereocenters. The Kier molecular flexibility index (Phi) is 13.6. The van der Waals surface area contributed by atoms with Gasteiger partial charge in [-0.05, 0) is 6.42 Å². The summed E-state index contributed by atoms with van der Waals surface area (Å²) in [5.41, 5.74) is 5.78. The Hall–Kier alpha value is -1.58. The fourth-order valence-corrected chi connectivity index (χ4v) is 3.76. The molecule has 0 spiro atoms. The van der Waals surface area contributed by atoms with Gasteiger partial charge in [-0.15, -0.1) is 0 Å². The quantitative estimate of drug-likeness (QED) is 0.0885. The highest BCUT2D eigenvalue weighted by molar-refractivity contribution is 5.82. The van der Waals surface area contributed by atoms with Crippen LogP contribution in [0.2, 0.25) is 0 Å². The molecule has 0 bridgehead atoms. The molecule has 2 aliphatic rings. The van der Waals surface area contributed by atoms with E-state index in [-0.39, 0.29) is 39.1 Å². The van der Waals surface area contributed by atoms with Gasteiger partial charge in [-0.2, -0.15) is 0 Å². The highest BCUT2D eigenvalue weighted by Gasteiger charge is 2.45. The molecule has 0 aromatic heterocycles. The van der Waals surface area contributed by atoms with Crippen LogP contribution in [0.1, 0.15) is 12.8 Å². The number of carbonyl (C=O) groups excluding carboxylic acids is 2. The third kappa shape index (κ3) is 8.98. The molecular formula is C21H39N3O14. The lowest BCUT2D eigenvalue weighted by Crippen LogP contribution is -2.59. The molecule has 2 saturated heterocycles. The number of amides is 2. The van der Waals surface area contributed by atoms with Crippen LogP contribution in [-0.2, 0) is 28.5 Å². The summed E-state index contributed by atoms with van der Waals surface area (Å²) in [5.74, 6) is -1.00. The molecule has 0 aliphatic carbocycles. The first-order valence-electron chi connectivity index (χ1n) is 12.2. The van der Waals surface area contributed by atoms with Crippen LogP contribution in [0.5, 0.6) is 0 Å². The van der Waals surface area contributed by atoms with Gasteiger partial charge in [0.05, 0.1) is 32.5 Å². The van der Waals surface area contributed by atoms with Gasteiger partial charge < -0.3 is 76.2 Å². The van der Waals surface area contributed by atoms with E-state index in [0.717, 1.165) is 0 Å². The molecule has 17 heteroatoms. The van der Waals surface area contributed by atoms with Gasteiger partial charge in [-0.3, -0.25) is 9.59 Å². The maximum atomic E-state index is 12.1. The number of hydrogen-bond donors (Lipinski definition) is 11. The van der Waals surface area contributed by atoms with Gasteiger partial charge >= 0.3 is 0 Å². The van der Waals surface area contributed by atoms with Crippen LogP contribution in [0.3, 0.4) is 0 Å². The SMILES string of the molecule is N[C@@H](CCC(=O)NCCO[C@H]1O[C@H](CO)[C@@H](O)[C@H](O)[C@H]1O)C(=O)NCCO[C@H]1O[C@H](CO)[C@@H](O)[C@H](O)[C@H]1O. The van der Waals surface area contributed by atoms with Gasteiger partial charge in [0.2, 0.25) is 11.8 Å². The number of nitrogens with two attached hydrogens (primary N) is 1. The third-order valence-corrected chi connectivity index (χ3v) is 6.11. The number of rotatable bonds is 14. The number of aliphatic hydroxyl groups excluding tert-OH is 8. The minimum atomic E-state index is -1.58. The van der Waals surface area contributed by atoms with Crippen LogP contribution in [0, 0.1) is 0 Å². The first kappa shape index (κ1) is 32.6. The van der Waals surface area contributed by atoms with Gasteiger partial charge in [0.25, 0.3) is 0 Å². The zero-order valence-corrected chi connectivity index (χ0v) is 20.6. The molecule has 0 aromatic rings. The average Bonchev–Trinajstić information content (AvgIpc) is 2.91.